The van der Waals surface area contributed by atoms with Gasteiger partial charge in [0.05, 0.1) is 23.3 Å². The van der Waals surface area contributed by atoms with E-state index < -0.39 is 23.7 Å². The maximum Gasteiger partial charge on any atom is 0.338 e. The fraction of sp³-hybridized carbons (Fsp3) is 0.303. The minimum absolute atomic E-state index is 0.0958. The van der Waals surface area contributed by atoms with Crippen molar-refractivity contribution in [3.63, 3.8) is 0 Å². The highest BCUT2D eigenvalue weighted by Gasteiger charge is 2.46. The fourth-order valence-corrected chi connectivity index (χ4v) is 5.49. The summed E-state index contributed by atoms with van der Waals surface area (Å²) in [5.41, 5.74) is 6.02. The minimum atomic E-state index is -0.744. The highest BCUT2D eigenvalue weighted by molar-refractivity contribution is 6.46. The Hall–Kier alpha value is -4.19. The Morgan fingerprint density at radius 1 is 0.949 bits per heavy atom. The molecule has 6 heteroatoms. The van der Waals surface area contributed by atoms with Crippen LogP contribution in [0.1, 0.15) is 76.5 Å². The number of fused-ring (bicyclic) bond motifs is 1. The predicted molar refractivity (Wildman–Crippen MR) is 149 cm³/mol. The largest absolute Gasteiger partial charge is 0.507 e. The van der Waals surface area contributed by atoms with Crippen LogP contribution in [0.3, 0.4) is 0 Å². The summed E-state index contributed by atoms with van der Waals surface area (Å²) >= 11 is 0. The van der Waals surface area contributed by atoms with E-state index in [0.29, 0.717) is 11.1 Å². The molecule has 0 aromatic heterocycles. The molecule has 0 spiro atoms. The smallest absolute Gasteiger partial charge is 0.338 e. The maximum atomic E-state index is 13.5. The third-order valence-corrected chi connectivity index (χ3v) is 7.41. The van der Waals surface area contributed by atoms with E-state index in [4.69, 9.17) is 4.74 Å². The van der Waals surface area contributed by atoms with E-state index in [2.05, 4.69) is 0 Å². The molecule has 1 fully saturated rings. The number of esters is 1. The summed E-state index contributed by atoms with van der Waals surface area (Å²) < 4.78 is 5.26. The molecular formula is C33H33NO5. The van der Waals surface area contributed by atoms with Crippen molar-refractivity contribution < 1.29 is 24.2 Å². The van der Waals surface area contributed by atoms with Crippen LogP contribution in [0.25, 0.3) is 5.76 Å². The Bertz CT molecular complexity index is 1470. The number of carbonyl (C=O) groups is 3. The van der Waals surface area contributed by atoms with Gasteiger partial charge in [0.25, 0.3) is 11.7 Å². The van der Waals surface area contributed by atoms with E-state index in [0.717, 1.165) is 42.4 Å². The first-order valence-electron chi connectivity index (χ1n) is 13.5. The van der Waals surface area contributed by atoms with Gasteiger partial charge in [-0.15, -0.1) is 0 Å². The molecule has 3 aromatic rings. The lowest BCUT2D eigenvalue weighted by molar-refractivity contribution is -0.140. The first-order valence-corrected chi connectivity index (χ1v) is 13.5. The molecule has 1 unspecified atom stereocenters. The number of ketones is 1. The Morgan fingerprint density at radius 2 is 1.64 bits per heavy atom. The van der Waals surface area contributed by atoms with E-state index in [-0.39, 0.29) is 24.0 Å². The quantitative estimate of drug-likeness (QED) is 0.184. The number of rotatable bonds is 6. The summed E-state index contributed by atoms with van der Waals surface area (Å²) in [6, 6.07) is 19.6. The predicted octanol–water partition coefficient (Wildman–Crippen LogP) is 6.06. The average Bonchev–Trinajstić information content (AvgIpc) is 3.17. The number of aliphatic hydroxyl groups is 1. The van der Waals surface area contributed by atoms with Crippen molar-refractivity contribution >= 4 is 23.4 Å². The van der Waals surface area contributed by atoms with Crippen LogP contribution in [0.5, 0.6) is 0 Å². The number of ether oxygens (including phenoxy) is 1. The van der Waals surface area contributed by atoms with Gasteiger partial charge < -0.3 is 14.7 Å². The van der Waals surface area contributed by atoms with Gasteiger partial charge in [0.1, 0.15) is 5.76 Å². The van der Waals surface area contributed by atoms with E-state index in [1.54, 1.807) is 38.1 Å². The maximum absolute atomic E-state index is 13.5. The van der Waals surface area contributed by atoms with E-state index in [9.17, 15) is 19.5 Å². The zero-order valence-electron chi connectivity index (χ0n) is 22.6. The average molecular weight is 524 g/mol. The van der Waals surface area contributed by atoms with Crippen LogP contribution in [-0.2, 0) is 33.7 Å². The Balaban J connectivity index is 1.54. The number of nitrogens with zero attached hydrogens (tertiary/aromatic N) is 1. The van der Waals surface area contributed by atoms with E-state index in [1.165, 1.54) is 16.0 Å². The molecule has 1 amide bonds. The molecule has 200 valence electrons. The Kier molecular flexibility index (Phi) is 7.38. The van der Waals surface area contributed by atoms with Gasteiger partial charge in [-0.3, -0.25) is 9.59 Å². The number of amides is 1. The molecule has 2 aliphatic rings. The van der Waals surface area contributed by atoms with E-state index in [1.807, 2.05) is 49.4 Å². The number of aryl methyl sites for hydroxylation is 3. The second-order valence-corrected chi connectivity index (χ2v) is 10.7. The Morgan fingerprint density at radius 3 is 2.33 bits per heavy atom. The zero-order valence-corrected chi connectivity index (χ0v) is 22.6. The van der Waals surface area contributed by atoms with Crippen LogP contribution in [0.4, 0.5) is 0 Å². The van der Waals surface area contributed by atoms with Crippen LogP contribution in [0, 0.1) is 6.92 Å². The molecule has 1 saturated heterocycles. The number of hydrogen-bond acceptors (Lipinski definition) is 5. The summed E-state index contributed by atoms with van der Waals surface area (Å²) in [5.74, 6) is -1.93. The van der Waals surface area contributed by atoms with Crippen LogP contribution in [-0.4, -0.2) is 33.8 Å². The van der Waals surface area contributed by atoms with Crippen molar-refractivity contribution in [2.75, 3.05) is 0 Å². The molecule has 0 bridgehead atoms. The molecule has 39 heavy (non-hydrogen) atoms. The van der Waals surface area contributed by atoms with Crippen LogP contribution in [0.2, 0.25) is 0 Å². The van der Waals surface area contributed by atoms with Crippen LogP contribution in [0.15, 0.2) is 72.3 Å². The number of benzene rings is 3. The topological polar surface area (TPSA) is 83.9 Å². The molecular weight excluding hydrogens is 490 g/mol. The highest BCUT2D eigenvalue weighted by atomic mass is 16.5. The molecule has 5 rings (SSSR count). The monoisotopic (exact) mass is 523 g/mol. The highest BCUT2D eigenvalue weighted by Crippen LogP contribution is 2.41. The lowest BCUT2D eigenvalue weighted by Crippen LogP contribution is -2.29. The molecule has 1 heterocycles. The van der Waals surface area contributed by atoms with Gasteiger partial charge in [0, 0.05) is 12.1 Å². The number of Topliss-reactive ketones (excluding diaryl/α,β-unsaturated/α-hetero) is 1. The second kappa shape index (κ2) is 10.9. The van der Waals surface area contributed by atoms with Crippen molar-refractivity contribution in [1.82, 2.24) is 4.90 Å². The first-order chi connectivity index (χ1) is 18.7. The van der Waals surface area contributed by atoms with Crippen molar-refractivity contribution in [1.29, 1.82) is 0 Å². The lowest BCUT2D eigenvalue weighted by atomic mass is 9.88. The summed E-state index contributed by atoms with van der Waals surface area (Å²) in [6.45, 7) is 5.68. The SMILES string of the molecule is Cc1cccc(C2/C(=C(/O)c3ccc4c(c3)CCCC4)C(=O)C(=O)N2Cc2ccc(C(=O)OC(C)C)cc2)c1. The van der Waals surface area contributed by atoms with Gasteiger partial charge in [-0.2, -0.15) is 0 Å². The summed E-state index contributed by atoms with van der Waals surface area (Å²) in [6.07, 6.45) is 3.97. The lowest BCUT2D eigenvalue weighted by Gasteiger charge is -2.26. The number of carbonyl (C=O) groups excluding carboxylic acids is 3. The summed E-state index contributed by atoms with van der Waals surface area (Å²) in [7, 11) is 0. The second-order valence-electron chi connectivity index (χ2n) is 10.7. The molecule has 1 N–H and O–H groups in total. The van der Waals surface area contributed by atoms with Gasteiger partial charge in [-0.25, -0.2) is 4.79 Å². The molecule has 1 aliphatic heterocycles. The van der Waals surface area contributed by atoms with Gasteiger partial charge in [-0.1, -0.05) is 54.1 Å². The standard InChI is InChI=1S/C33H33NO5/c1-20(2)39-33(38)24-13-11-22(12-14-24)19-34-29(26-10-6-7-21(3)17-26)28(31(36)32(34)37)30(35)27-16-15-23-8-4-5-9-25(23)18-27/h6-7,10-18,20,29,35H,4-5,8-9,19H2,1-3H3/b30-28-. The normalized spacial score (nSPS) is 18.4. The third-order valence-electron chi connectivity index (χ3n) is 7.41. The number of hydrogen-bond donors (Lipinski definition) is 1. The third kappa shape index (κ3) is 5.37. The Labute approximate surface area is 228 Å². The number of aliphatic hydroxyl groups excluding tert-OH is 1. The van der Waals surface area contributed by atoms with Gasteiger partial charge >= 0.3 is 5.97 Å². The van der Waals surface area contributed by atoms with Crippen molar-refractivity contribution in [2.24, 2.45) is 0 Å². The van der Waals surface area contributed by atoms with Crippen molar-refractivity contribution in [3.05, 3.63) is 111 Å². The van der Waals surface area contributed by atoms with Crippen LogP contribution < -0.4 is 0 Å². The molecule has 3 aromatic carbocycles. The first kappa shape index (κ1) is 26.4. The van der Waals surface area contributed by atoms with Crippen LogP contribution >= 0.6 is 0 Å². The minimum Gasteiger partial charge on any atom is -0.507 e. The molecule has 1 aliphatic carbocycles. The number of likely N-dealkylation sites (tertiary alicyclic amines) is 1. The summed E-state index contributed by atoms with van der Waals surface area (Å²) in [4.78, 5) is 40.6. The van der Waals surface area contributed by atoms with Gasteiger partial charge in [0.2, 0.25) is 0 Å². The van der Waals surface area contributed by atoms with Crippen molar-refractivity contribution in [3.8, 4) is 0 Å². The molecule has 0 saturated carbocycles. The van der Waals surface area contributed by atoms with Gasteiger partial charge in [0.15, 0.2) is 0 Å². The summed E-state index contributed by atoms with van der Waals surface area (Å²) in [5, 5.41) is 11.5. The fourth-order valence-electron chi connectivity index (χ4n) is 5.49. The molecule has 0 radical (unpaired) electrons. The molecule has 6 nitrogen and oxygen atoms in total. The van der Waals surface area contributed by atoms with Crippen molar-refractivity contribution in [2.45, 2.75) is 65.1 Å². The zero-order chi connectivity index (χ0) is 27.7. The van der Waals surface area contributed by atoms with Gasteiger partial charge in [-0.05, 0) is 86.9 Å². The molecule has 1 atom stereocenters. The van der Waals surface area contributed by atoms with E-state index >= 15 is 0 Å².